The maximum absolute atomic E-state index is 14.6. The number of ketones is 1. The number of aromatic nitrogens is 1. The van der Waals surface area contributed by atoms with Crippen LogP contribution < -0.4 is 4.90 Å². The number of anilines is 1. The number of aliphatic imine (C=N–C) groups is 1. The van der Waals surface area contributed by atoms with Crippen molar-refractivity contribution in [3.8, 4) is 11.3 Å². The van der Waals surface area contributed by atoms with E-state index in [0.29, 0.717) is 30.9 Å². The van der Waals surface area contributed by atoms with E-state index < -0.39 is 5.41 Å². The largest absolute Gasteiger partial charge is 0.370 e. The first-order chi connectivity index (χ1) is 21.4. The molecule has 44 heavy (non-hydrogen) atoms. The average Bonchev–Trinajstić information content (AvgIpc) is 3.10. The summed E-state index contributed by atoms with van der Waals surface area (Å²) in [6.45, 7) is 13.1. The van der Waals surface area contributed by atoms with Gasteiger partial charge in [0.05, 0.1) is 23.4 Å². The second kappa shape index (κ2) is 12.8. The van der Waals surface area contributed by atoms with Crippen molar-refractivity contribution in [2.24, 2.45) is 10.9 Å². The summed E-state index contributed by atoms with van der Waals surface area (Å²) in [5.41, 5.74) is 7.34. The van der Waals surface area contributed by atoms with Gasteiger partial charge in [0.2, 0.25) is 5.91 Å². The summed E-state index contributed by atoms with van der Waals surface area (Å²) in [6.07, 6.45) is 16.8. The molecule has 0 spiro atoms. The van der Waals surface area contributed by atoms with E-state index in [-0.39, 0.29) is 23.8 Å². The maximum Gasteiger partial charge on any atom is 0.237 e. The lowest BCUT2D eigenvalue weighted by atomic mass is 9.73. The first-order valence-corrected chi connectivity index (χ1v) is 16.6. The molecule has 2 unspecified atom stereocenters. The molecule has 6 nitrogen and oxygen atoms in total. The van der Waals surface area contributed by atoms with Crippen LogP contribution in [-0.4, -0.2) is 41.6 Å². The average molecular weight is 592 g/mol. The quantitative estimate of drug-likeness (QED) is 0.175. The zero-order valence-corrected chi connectivity index (χ0v) is 26.3. The van der Waals surface area contributed by atoms with Crippen LogP contribution in [0.25, 0.3) is 11.3 Å². The van der Waals surface area contributed by atoms with Crippen molar-refractivity contribution in [2.45, 2.75) is 102 Å². The van der Waals surface area contributed by atoms with Crippen molar-refractivity contribution in [1.29, 1.82) is 0 Å². The molecule has 2 aromatic rings. The highest BCUT2D eigenvalue weighted by Gasteiger charge is 2.53. The summed E-state index contributed by atoms with van der Waals surface area (Å²) in [7, 11) is 0. The Morgan fingerprint density at radius 3 is 2.70 bits per heavy atom. The van der Waals surface area contributed by atoms with Gasteiger partial charge in [-0.3, -0.25) is 19.6 Å². The van der Waals surface area contributed by atoms with Crippen molar-refractivity contribution in [1.82, 2.24) is 4.98 Å². The van der Waals surface area contributed by atoms with Gasteiger partial charge in [0, 0.05) is 41.2 Å². The van der Waals surface area contributed by atoms with Gasteiger partial charge in [-0.15, -0.1) is 6.58 Å². The first kappa shape index (κ1) is 30.4. The molecule has 2 fully saturated rings. The monoisotopic (exact) mass is 591 g/mol. The SMILES string of the molecule is C=CC1CC(N2C(=O)C(CCC)(CCCC(=C)C(=O)C3CCO3)c3ccc(-c4cc5c(c(CCC)n4)CC=CC=N5)cc32)C1. The van der Waals surface area contributed by atoms with Gasteiger partial charge in [-0.25, -0.2) is 0 Å². The number of amides is 1. The Labute approximate surface area is 262 Å². The van der Waals surface area contributed by atoms with E-state index in [9.17, 15) is 9.59 Å². The van der Waals surface area contributed by atoms with Crippen LogP contribution in [0.2, 0.25) is 0 Å². The van der Waals surface area contributed by atoms with Gasteiger partial charge in [0.25, 0.3) is 0 Å². The molecular weight excluding hydrogens is 546 g/mol. The van der Waals surface area contributed by atoms with E-state index >= 15 is 0 Å². The van der Waals surface area contributed by atoms with Crippen LogP contribution >= 0.6 is 0 Å². The third-order valence-electron chi connectivity index (χ3n) is 10.1. The number of aryl methyl sites for hydroxylation is 1. The van der Waals surface area contributed by atoms with Crippen LogP contribution in [0, 0.1) is 5.92 Å². The van der Waals surface area contributed by atoms with Crippen molar-refractivity contribution >= 4 is 29.3 Å². The van der Waals surface area contributed by atoms with Crippen LogP contribution in [0.4, 0.5) is 11.4 Å². The summed E-state index contributed by atoms with van der Waals surface area (Å²) in [5.74, 6) is 0.666. The number of Topliss-reactive ketones (excluding diaryl/α,β-unsaturated/α-hetero) is 1. The number of carbonyl (C=O) groups is 2. The molecule has 0 bridgehead atoms. The molecule has 0 N–H and O–H groups in total. The van der Waals surface area contributed by atoms with Gasteiger partial charge < -0.3 is 9.64 Å². The van der Waals surface area contributed by atoms with Crippen molar-refractivity contribution in [3.05, 3.63) is 78.0 Å². The Balaban J connectivity index is 1.36. The summed E-state index contributed by atoms with van der Waals surface area (Å²) in [6, 6.07) is 8.79. The molecule has 3 aliphatic heterocycles. The van der Waals surface area contributed by atoms with Crippen LogP contribution in [-0.2, 0) is 32.6 Å². The van der Waals surface area contributed by atoms with Crippen molar-refractivity contribution in [3.63, 3.8) is 0 Å². The number of rotatable bonds is 13. The van der Waals surface area contributed by atoms with Crippen molar-refractivity contribution < 1.29 is 14.3 Å². The summed E-state index contributed by atoms with van der Waals surface area (Å²) >= 11 is 0. The lowest BCUT2D eigenvalue weighted by Crippen LogP contribution is -2.50. The number of pyridine rings is 1. The molecule has 4 aliphatic rings. The topological polar surface area (TPSA) is 71.9 Å². The Bertz CT molecular complexity index is 1530. The Morgan fingerprint density at radius 2 is 2.00 bits per heavy atom. The molecule has 6 rings (SSSR count). The van der Waals surface area contributed by atoms with E-state index in [4.69, 9.17) is 14.7 Å². The van der Waals surface area contributed by atoms with Gasteiger partial charge in [-0.05, 0) is 86.6 Å². The minimum Gasteiger partial charge on any atom is -0.370 e. The molecule has 4 heterocycles. The molecule has 0 radical (unpaired) electrons. The number of hydrogen-bond donors (Lipinski definition) is 0. The molecule has 1 saturated heterocycles. The Kier molecular flexibility index (Phi) is 8.82. The number of allylic oxidation sites excluding steroid dienone is 3. The number of carbonyl (C=O) groups excluding carboxylic acids is 2. The van der Waals surface area contributed by atoms with Crippen LogP contribution in [0.5, 0.6) is 0 Å². The van der Waals surface area contributed by atoms with E-state index in [1.807, 2.05) is 18.4 Å². The fourth-order valence-corrected chi connectivity index (χ4v) is 7.49. The predicted molar refractivity (Wildman–Crippen MR) is 178 cm³/mol. The fraction of sp³-hybridized carbons (Fsp3) is 0.474. The molecule has 1 aromatic heterocycles. The number of hydrogen-bond acceptors (Lipinski definition) is 5. The fourth-order valence-electron chi connectivity index (χ4n) is 7.49. The van der Waals surface area contributed by atoms with Gasteiger partial charge in [0.15, 0.2) is 5.78 Å². The number of ether oxygens (including phenoxy) is 1. The van der Waals surface area contributed by atoms with Gasteiger partial charge in [0.1, 0.15) is 6.10 Å². The zero-order valence-electron chi connectivity index (χ0n) is 26.3. The lowest BCUT2D eigenvalue weighted by Gasteiger charge is -2.41. The number of benzene rings is 1. The summed E-state index contributed by atoms with van der Waals surface area (Å²) in [5, 5.41) is 0. The number of fused-ring (bicyclic) bond motifs is 2. The molecule has 1 aliphatic carbocycles. The molecule has 2 atom stereocenters. The molecule has 1 saturated carbocycles. The third-order valence-corrected chi connectivity index (χ3v) is 10.1. The number of nitrogens with zero attached hydrogens (tertiary/aromatic N) is 3. The third kappa shape index (κ3) is 5.42. The summed E-state index contributed by atoms with van der Waals surface area (Å²) < 4.78 is 5.40. The minimum absolute atomic E-state index is 0.0194. The standard InChI is InChI=1S/C38H45N3O3/c1-5-11-31-29-13-8-9-19-39-33(29)24-32(40-31)27-14-15-30-34(23-27)41(28-21-26(7-3)22-28)37(43)38(30,17-6-2)18-10-12-25(4)36(42)35-16-20-44-35/h7-9,14-15,19,23-24,26,28,35H,3-6,10-13,16-18,20-22H2,1-2H3. The Morgan fingerprint density at radius 1 is 1.18 bits per heavy atom. The highest BCUT2D eigenvalue weighted by atomic mass is 16.5. The normalized spacial score (nSPS) is 25.1. The van der Waals surface area contributed by atoms with E-state index in [1.54, 1.807) is 0 Å². The highest BCUT2D eigenvalue weighted by molar-refractivity contribution is 6.09. The van der Waals surface area contributed by atoms with Crippen LogP contribution in [0.3, 0.4) is 0 Å². The second-order valence-electron chi connectivity index (χ2n) is 12.9. The smallest absolute Gasteiger partial charge is 0.237 e. The first-order valence-electron chi connectivity index (χ1n) is 16.6. The predicted octanol–water partition coefficient (Wildman–Crippen LogP) is 7.95. The molecule has 6 heteroatoms. The van der Waals surface area contributed by atoms with Gasteiger partial charge in [-0.1, -0.05) is 57.6 Å². The lowest BCUT2D eigenvalue weighted by molar-refractivity contribution is -0.138. The molecule has 1 aromatic carbocycles. The molecular formula is C38H45N3O3. The highest BCUT2D eigenvalue weighted by Crippen LogP contribution is 2.52. The maximum atomic E-state index is 14.6. The molecule has 230 valence electrons. The Hall–Kier alpha value is -3.64. The minimum atomic E-state index is -0.608. The zero-order chi connectivity index (χ0) is 30.8. The van der Waals surface area contributed by atoms with E-state index in [0.717, 1.165) is 91.7 Å². The van der Waals surface area contributed by atoms with Crippen molar-refractivity contribution in [2.75, 3.05) is 11.5 Å². The van der Waals surface area contributed by atoms with Crippen LogP contribution in [0.1, 0.15) is 88.5 Å². The van der Waals surface area contributed by atoms with Gasteiger partial charge >= 0.3 is 0 Å². The van der Waals surface area contributed by atoms with Crippen LogP contribution in [0.15, 0.2) is 66.2 Å². The second-order valence-corrected chi connectivity index (χ2v) is 12.9. The summed E-state index contributed by atoms with van der Waals surface area (Å²) in [4.78, 5) is 39.4. The van der Waals surface area contributed by atoms with Gasteiger partial charge in [-0.2, -0.15) is 0 Å². The van der Waals surface area contributed by atoms with E-state index in [1.165, 1.54) is 5.56 Å². The van der Waals surface area contributed by atoms with E-state index in [2.05, 4.69) is 62.2 Å². The molecule has 1 amide bonds.